The number of aliphatic imine (C=N–C) groups is 1. The Labute approximate surface area is 183 Å². The lowest BCUT2D eigenvalue weighted by atomic mass is 10.2. The molecule has 1 aromatic heterocycles. The molecule has 2 heterocycles. The number of piperazine rings is 1. The van der Waals surface area contributed by atoms with Gasteiger partial charge in [-0.3, -0.25) is 4.90 Å². The van der Waals surface area contributed by atoms with Crippen LogP contribution in [-0.4, -0.2) is 53.6 Å². The van der Waals surface area contributed by atoms with Crippen molar-refractivity contribution in [3.63, 3.8) is 0 Å². The second-order valence-electron chi connectivity index (χ2n) is 6.37. The van der Waals surface area contributed by atoms with E-state index in [0.29, 0.717) is 32.1 Å². The molecule has 1 saturated heterocycles. The summed E-state index contributed by atoms with van der Waals surface area (Å²) in [6.45, 7) is 5.28. The van der Waals surface area contributed by atoms with Crippen LogP contribution in [0.4, 0.5) is 17.6 Å². The van der Waals surface area contributed by atoms with Crippen LogP contribution in [0.5, 0.6) is 0 Å². The van der Waals surface area contributed by atoms with Gasteiger partial charge in [0.15, 0.2) is 29.2 Å². The molecule has 3 rings (SSSR count). The minimum atomic E-state index is -1.43. The van der Waals surface area contributed by atoms with E-state index in [4.69, 9.17) is 4.52 Å². The standard InChI is InChI=1S/C18H21F4N5O.HI/c1-2-23-18(24-10-13-16(21)14(19)9-15(20)17(13)22)27-6-4-26(5-7-27)11-12-3-8-28-25-12;/h3,8-9H,2,4-7,10-11H2,1H3,(H,23,24);1H. The molecule has 6 nitrogen and oxygen atoms in total. The molecule has 0 saturated carbocycles. The second-order valence-corrected chi connectivity index (χ2v) is 6.37. The highest BCUT2D eigenvalue weighted by Crippen LogP contribution is 2.20. The third kappa shape index (κ3) is 5.81. The molecule has 0 spiro atoms. The van der Waals surface area contributed by atoms with Gasteiger partial charge in [0.1, 0.15) is 6.26 Å². The molecular weight excluding hydrogens is 505 g/mol. The highest BCUT2D eigenvalue weighted by atomic mass is 127. The number of rotatable bonds is 5. The smallest absolute Gasteiger partial charge is 0.194 e. The van der Waals surface area contributed by atoms with Crippen LogP contribution in [0, 0.1) is 23.3 Å². The average Bonchev–Trinajstić information content (AvgIpc) is 3.19. The van der Waals surface area contributed by atoms with Gasteiger partial charge in [0.2, 0.25) is 0 Å². The molecule has 1 aliphatic heterocycles. The fourth-order valence-corrected chi connectivity index (χ4v) is 3.01. The van der Waals surface area contributed by atoms with Crippen molar-refractivity contribution in [1.82, 2.24) is 20.3 Å². The Hall–Kier alpha value is -1.89. The Balaban J connectivity index is 0.00000300. The molecule has 160 valence electrons. The van der Waals surface area contributed by atoms with Gasteiger partial charge in [-0.2, -0.15) is 0 Å². The van der Waals surface area contributed by atoms with Gasteiger partial charge in [0.05, 0.1) is 17.8 Å². The van der Waals surface area contributed by atoms with Crippen molar-refractivity contribution in [2.75, 3.05) is 32.7 Å². The third-order valence-corrected chi connectivity index (χ3v) is 4.47. The van der Waals surface area contributed by atoms with Gasteiger partial charge < -0.3 is 14.7 Å². The Kier molecular flexibility index (Phi) is 8.68. The molecule has 1 aliphatic rings. The summed E-state index contributed by atoms with van der Waals surface area (Å²) in [4.78, 5) is 8.32. The Morgan fingerprint density at radius 2 is 1.79 bits per heavy atom. The van der Waals surface area contributed by atoms with Crippen molar-refractivity contribution in [2.24, 2.45) is 4.99 Å². The summed E-state index contributed by atoms with van der Waals surface area (Å²) in [6, 6.07) is 2.00. The van der Waals surface area contributed by atoms with E-state index in [1.807, 2.05) is 11.8 Å². The summed E-state index contributed by atoms with van der Waals surface area (Å²) in [6.07, 6.45) is 1.52. The molecule has 1 aromatic carbocycles. The predicted molar refractivity (Wildman–Crippen MR) is 110 cm³/mol. The van der Waals surface area contributed by atoms with Crippen LogP contribution >= 0.6 is 24.0 Å². The van der Waals surface area contributed by atoms with E-state index in [0.717, 1.165) is 18.8 Å². The fourth-order valence-electron chi connectivity index (χ4n) is 3.01. The average molecular weight is 527 g/mol. The lowest BCUT2D eigenvalue weighted by Gasteiger charge is -2.36. The van der Waals surface area contributed by atoms with E-state index in [-0.39, 0.29) is 30.0 Å². The summed E-state index contributed by atoms with van der Waals surface area (Å²) in [7, 11) is 0. The third-order valence-electron chi connectivity index (χ3n) is 4.47. The van der Waals surface area contributed by atoms with Gasteiger partial charge in [0.25, 0.3) is 0 Å². The van der Waals surface area contributed by atoms with Crippen molar-refractivity contribution >= 4 is 29.9 Å². The number of aromatic nitrogens is 1. The van der Waals surface area contributed by atoms with E-state index >= 15 is 0 Å². The maximum atomic E-state index is 13.8. The number of hydrogen-bond donors (Lipinski definition) is 1. The lowest BCUT2D eigenvalue weighted by Crippen LogP contribution is -2.52. The summed E-state index contributed by atoms with van der Waals surface area (Å²) >= 11 is 0. The molecule has 1 N–H and O–H groups in total. The van der Waals surface area contributed by atoms with E-state index in [9.17, 15) is 17.6 Å². The van der Waals surface area contributed by atoms with Crippen molar-refractivity contribution in [3.05, 3.63) is 52.9 Å². The van der Waals surface area contributed by atoms with Crippen LogP contribution in [0.15, 0.2) is 27.9 Å². The zero-order chi connectivity index (χ0) is 20.1. The molecule has 0 bridgehead atoms. The molecule has 0 atom stereocenters. The largest absolute Gasteiger partial charge is 0.364 e. The Bertz CT molecular complexity index is 800. The first kappa shape index (κ1) is 23.4. The van der Waals surface area contributed by atoms with Gasteiger partial charge in [-0.1, -0.05) is 5.16 Å². The van der Waals surface area contributed by atoms with Crippen LogP contribution < -0.4 is 5.32 Å². The summed E-state index contributed by atoms with van der Waals surface area (Å²) < 4.78 is 59.3. The minimum Gasteiger partial charge on any atom is -0.364 e. The first-order chi connectivity index (χ1) is 13.5. The summed E-state index contributed by atoms with van der Waals surface area (Å²) in [5.41, 5.74) is 0.116. The van der Waals surface area contributed by atoms with E-state index in [2.05, 4.69) is 20.4 Å². The van der Waals surface area contributed by atoms with Crippen molar-refractivity contribution in [2.45, 2.75) is 20.0 Å². The summed E-state index contributed by atoms with van der Waals surface area (Å²) in [5, 5.41) is 6.94. The zero-order valence-electron chi connectivity index (χ0n) is 15.8. The van der Waals surface area contributed by atoms with Crippen molar-refractivity contribution in [1.29, 1.82) is 0 Å². The van der Waals surface area contributed by atoms with Crippen LogP contribution in [0.1, 0.15) is 18.2 Å². The first-order valence-corrected chi connectivity index (χ1v) is 8.96. The minimum absolute atomic E-state index is 0. The molecule has 1 fully saturated rings. The highest BCUT2D eigenvalue weighted by molar-refractivity contribution is 14.0. The van der Waals surface area contributed by atoms with Crippen LogP contribution in [-0.2, 0) is 13.1 Å². The number of nitrogens with zero attached hydrogens (tertiary/aromatic N) is 4. The number of hydrogen-bond acceptors (Lipinski definition) is 4. The van der Waals surface area contributed by atoms with Crippen LogP contribution in [0.2, 0.25) is 0 Å². The molecule has 0 aliphatic carbocycles. The van der Waals surface area contributed by atoms with E-state index < -0.39 is 35.4 Å². The van der Waals surface area contributed by atoms with Gasteiger partial charge in [-0.05, 0) is 6.92 Å². The molecule has 0 amide bonds. The first-order valence-electron chi connectivity index (χ1n) is 8.96. The van der Waals surface area contributed by atoms with Gasteiger partial charge in [0, 0.05) is 51.4 Å². The predicted octanol–water partition coefficient (Wildman–Crippen LogP) is 3.13. The molecular formula is C18H22F4IN5O. The van der Waals surface area contributed by atoms with E-state index in [1.165, 1.54) is 6.26 Å². The second kappa shape index (κ2) is 10.8. The van der Waals surface area contributed by atoms with Crippen molar-refractivity contribution < 1.29 is 22.1 Å². The van der Waals surface area contributed by atoms with Gasteiger partial charge >= 0.3 is 0 Å². The quantitative estimate of drug-likeness (QED) is 0.213. The summed E-state index contributed by atoms with van der Waals surface area (Å²) in [5.74, 6) is -5.27. The SMILES string of the molecule is CCNC(=NCc1c(F)c(F)cc(F)c1F)N1CCN(Cc2ccon2)CC1.I. The number of guanidine groups is 1. The van der Waals surface area contributed by atoms with Gasteiger partial charge in [-0.15, -0.1) is 24.0 Å². The maximum absolute atomic E-state index is 13.8. The molecule has 0 radical (unpaired) electrons. The monoisotopic (exact) mass is 527 g/mol. The van der Waals surface area contributed by atoms with Gasteiger partial charge in [-0.25, -0.2) is 22.6 Å². The molecule has 29 heavy (non-hydrogen) atoms. The maximum Gasteiger partial charge on any atom is 0.194 e. The number of halogens is 5. The lowest BCUT2D eigenvalue weighted by molar-refractivity contribution is 0.169. The van der Waals surface area contributed by atoms with E-state index in [1.54, 1.807) is 6.07 Å². The highest BCUT2D eigenvalue weighted by Gasteiger charge is 2.22. The normalized spacial score (nSPS) is 15.3. The Morgan fingerprint density at radius 1 is 1.14 bits per heavy atom. The van der Waals surface area contributed by atoms with Crippen LogP contribution in [0.3, 0.4) is 0 Å². The van der Waals surface area contributed by atoms with Crippen LogP contribution in [0.25, 0.3) is 0 Å². The fraction of sp³-hybridized carbons (Fsp3) is 0.444. The molecule has 0 unspecified atom stereocenters. The molecule has 11 heteroatoms. The topological polar surface area (TPSA) is 56.9 Å². The number of nitrogens with one attached hydrogen (secondary N) is 1. The zero-order valence-corrected chi connectivity index (χ0v) is 18.1. The van der Waals surface area contributed by atoms with Crippen molar-refractivity contribution in [3.8, 4) is 0 Å². The Morgan fingerprint density at radius 3 is 2.34 bits per heavy atom. The number of benzene rings is 1. The molecule has 2 aromatic rings.